The Balaban J connectivity index is 1.90. The molecule has 2 rings (SSSR count). The minimum Gasteiger partial charge on any atom is -0.481 e. The van der Waals surface area contributed by atoms with E-state index >= 15 is 0 Å². The molecule has 1 fully saturated rings. The van der Waals surface area contributed by atoms with Gasteiger partial charge in [-0.15, -0.1) is 0 Å². The lowest BCUT2D eigenvalue weighted by Gasteiger charge is -2.21. The van der Waals surface area contributed by atoms with Crippen molar-refractivity contribution in [1.29, 1.82) is 0 Å². The number of hydrogen-bond donors (Lipinski definition) is 1. The Kier molecular flexibility index (Phi) is 2.14. The smallest absolute Gasteiger partial charge is 0.309 e. The average Bonchev–Trinajstić information content (AvgIpc) is 2.87. The lowest BCUT2D eigenvalue weighted by Crippen LogP contribution is -2.19. The molecule has 1 unspecified atom stereocenters. The molecule has 0 heterocycles. The van der Waals surface area contributed by atoms with Crippen molar-refractivity contribution in [3.05, 3.63) is 12.2 Å². The van der Waals surface area contributed by atoms with Gasteiger partial charge in [-0.05, 0) is 44.4 Å². The molecule has 2 aliphatic carbocycles. The van der Waals surface area contributed by atoms with E-state index in [1.54, 1.807) is 0 Å². The van der Waals surface area contributed by atoms with Crippen molar-refractivity contribution in [3.8, 4) is 0 Å². The highest BCUT2D eigenvalue weighted by atomic mass is 16.4. The molecular weight excluding hydrogens is 164 g/mol. The number of carboxylic acids is 1. The summed E-state index contributed by atoms with van der Waals surface area (Å²) in [4.78, 5) is 10.9. The fourth-order valence-electron chi connectivity index (χ4n) is 2.25. The van der Waals surface area contributed by atoms with Gasteiger partial charge in [0.05, 0.1) is 5.41 Å². The van der Waals surface area contributed by atoms with Crippen LogP contribution in [0.1, 0.15) is 38.5 Å². The van der Waals surface area contributed by atoms with E-state index in [2.05, 4.69) is 12.2 Å². The zero-order chi connectivity index (χ0) is 9.31. The molecule has 72 valence electrons. The monoisotopic (exact) mass is 180 g/mol. The van der Waals surface area contributed by atoms with Gasteiger partial charge in [-0.1, -0.05) is 12.2 Å². The van der Waals surface area contributed by atoms with E-state index in [1.165, 1.54) is 6.42 Å². The highest BCUT2D eigenvalue weighted by Crippen LogP contribution is 2.52. The Morgan fingerprint density at radius 1 is 1.46 bits per heavy atom. The van der Waals surface area contributed by atoms with Crippen LogP contribution in [0.25, 0.3) is 0 Å². The van der Waals surface area contributed by atoms with Gasteiger partial charge in [0.2, 0.25) is 0 Å². The van der Waals surface area contributed by atoms with Gasteiger partial charge < -0.3 is 5.11 Å². The van der Waals surface area contributed by atoms with Gasteiger partial charge in [-0.3, -0.25) is 4.79 Å². The fourth-order valence-corrected chi connectivity index (χ4v) is 2.25. The number of carbonyl (C=O) groups is 1. The Bertz CT molecular complexity index is 238. The highest BCUT2D eigenvalue weighted by molar-refractivity contribution is 5.77. The van der Waals surface area contributed by atoms with Crippen molar-refractivity contribution < 1.29 is 9.90 Å². The molecule has 1 atom stereocenters. The number of rotatable bonds is 3. The van der Waals surface area contributed by atoms with Crippen LogP contribution in [-0.2, 0) is 4.79 Å². The van der Waals surface area contributed by atoms with Crippen LogP contribution in [0.2, 0.25) is 0 Å². The van der Waals surface area contributed by atoms with Crippen LogP contribution in [0.4, 0.5) is 0 Å². The van der Waals surface area contributed by atoms with E-state index in [0.29, 0.717) is 5.92 Å². The lowest BCUT2D eigenvalue weighted by molar-refractivity contribution is -0.144. The van der Waals surface area contributed by atoms with Gasteiger partial charge in [0.1, 0.15) is 0 Å². The molecule has 1 saturated carbocycles. The van der Waals surface area contributed by atoms with Crippen LogP contribution >= 0.6 is 0 Å². The van der Waals surface area contributed by atoms with Crippen LogP contribution in [0.3, 0.4) is 0 Å². The largest absolute Gasteiger partial charge is 0.481 e. The second-order valence-electron chi connectivity index (χ2n) is 4.44. The van der Waals surface area contributed by atoms with Gasteiger partial charge in [0.15, 0.2) is 0 Å². The van der Waals surface area contributed by atoms with Gasteiger partial charge in [-0.25, -0.2) is 0 Å². The molecule has 13 heavy (non-hydrogen) atoms. The van der Waals surface area contributed by atoms with Crippen LogP contribution in [0.15, 0.2) is 12.2 Å². The summed E-state index contributed by atoms with van der Waals surface area (Å²) in [6.45, 7) is 0. The Labute approximate surface area is 78.6 Å². The predicted octanol–water partition coefficient (Wildman–Crippen LogP) is 2.60. The van der Waals surface area contributed by atoms with Crippen molar-refractivity contribution in [2.45, 2.75) is 38.5 Å². The Hall–Kier alpha value is -0.790. The molecule has 0 saturated heterocycles. The molecule has 0 aliphatic heterocycles. The van der Waals surface area contributed by atoms with Crippen LogP contribution in [0.5, 0.6) is 0 Å². The average molecular weight is 180 g/mol. The van der Waals surface area contributed by atoms with Crippen molar-refractivity contribution >= 4 is 5.97 Å². The summed E-state index contributed by atoms with van der Waals surface area (Å²) in [7, 11) is 0. The molecule has 0 spiro atoms. The van der Waals surface area contributed by atoms with Crippen molar-refractivity contribution in [3.63, 3.8) is 0 Å². The molecular formula is C11H16O2. The molecule has 1 N–H and O–H groups in total. The third-order valence-electron chi connectivity index (χ3n) is 3.36. The van der Waals surface area contributed by atoms with E-state index in [0.717, 1.165) is 32.1 Å². The second-order valence-corrected chi connectivity index (χ2v) is 4.44. The molecule has 0 aromatic rings. The number of carboxylic acid groups (broad SMARTS) is 1. The quantitative estimate of drug-likeness (QED) is 0.678. The maximum atomic E-state index is 10.9. The third kappa shape index (κ3) is 1.77. The molecule has 0 amide bonds. The minimum absolute atomic E-state index is 0.310. The van der Waals surface area contributed by atoms with Gasteiger partial charge >= 0.3 is 5.97 Å². The molecule has 2 aliphatic rings. The third-order valence-corrected chi connectivity index (χ3v) is 3.36. The lowest BCUT2D eigenvalue weighted by atomic mass is 9.84. The summed E-state index contributed by atoms with van der Waals surface area (Å²) in [5.74, 6) is 0.0608. The van der Waals surface area contributed by atoms with E-state index in [9.17, 15) is 4.79 Å². The summed E-state index contributed by atoms with van der Waals surface area (Å²) < 4.78 is 0. The number of hydrogen-bond acceptors (Lipinski definition) is 1. The van der Waals surface area contributed by atoms with Crippen LogP contribution in [-0.4, -0.2) is 11.1 Å². The molecule has 0 bridgehead atoms. The van der Waals surface area contributed by atoms with Gasteiger partial charge in [0.25, 0.3) is 0 Å². The Morgan fingerprint density at radius 2 is 2.23 bits per heavy atom. The first-order chi connectivity index (χ1) is 6.23. The first-order valence-corrected chi connectivity index (χ1v) is 5.11. The zero-order valence-electron chi connectivity index (χ0n) is 7.83. The predicted molar refractivity (Wildman–Crippen MR) is 50.4 cm³/mol. The zero-order valence-corrected chi connectivity index (χ0v) is 7.83. The van der Waals surface area contributed by atoms with E-state index in [4.69, 9.17) is 5.11 Å². The maximum absolute atomic E-state index is 10.9. The standard InChI is InChI=1S/C11H16O2/c12-10(13)11(6-7-11)8-9-4-2-1-3-5-9/h1-2,9H,3-8H2,(H,12,13). The number of allylic oxidation sites excluding steroid dienone is 2. The SMILES string of the molecule is O=C(O)C1(CC2CC=CCC2)CC1. The molecule has 0 aromatic carbocycles. The highest BCUT2D eigenvalue weighted by Gasteiger charge is 2.50. The summed E-state index contributed by atoms with van der Waals surface area (Å²) in [6.07, 6.45) is 10.5. The van der Waals surface area contributed by atoms with Crippen molar-refractivity contribution in [2.75, 3.05) is 0 Å². The maximum Gasteiger partial charge on any atom is 0.309 e. The topological polar surface area (TPSA) is 37.3 Å². The van der Waals surface area contributed by atoms with Crippen LogP contribution < -0.4 is 0 Å². The van der Waals surface area contributed by atoms with Crippen molar-refractivity contribution in [1.82, 2.24) is 0 Å². The normalized spacial score (nSPS) is 30.0. The van der Waals surface area contributed by atoms with Crippen LogP contribution in [0, 0.1) is 11.3 Å². The summed E-state index contributed by atoms with van der Waals surface area (Å²) in [5.41, 5.74) is -0.310. The van der Waals surface area contributed by atoms with E-state index in [1.807, 2.05) is 0 Å². The van der Waals surface area contributed by atoms with E-state index in [-0.39, 0.29) is 5.41 Å². The molecule has 2 heteroatoms. The fraction of sp³-hybridized carbons (Fsp3) is 0.727. The number of aliphatic carboxylic acids is 1. The summed E-state index contributed by atoms with van der Waals surface area (Å²) in [6, 6.07) is 0. The molecule has 0 radical (unpaired) electrons. The summed E-state index contributed by atoms with van der Waals surface area (Å²) >= 11 is 0. The van der Waals surface area contributed by atoms with Gasteiger partial charge in [0, 0.05) is 0 Å². The molecule has 2 nitrogen and oxygen atoms in total. The Morgan fingerprint density at radius 3 is 2.69 bits per heavy atom. The second kappa shape index (κ2) is 3.17. The first kappa shape index (κ1) is 8.79. The summed E-state index contributed by atoms with van der Waals surface area (Å²) in [5, 5.41) is 9.02. The molecule has 0 aromatic heterocycles. The van der Waals surface area contributed by atoms with Gasteiger partial charge in [-0.2, -0.15) is 0 Å². The minimum atomic E-state index is -0.568. The van der Waals surface area contributed by atoms with Crippen molar-refractivity contribution in [2.24, 2.45) is 11.3 Å². The van der Waals surface area contributed by atoms with E-state index < -0.39 is 5.97 Å². The first-order valence-electron chi connectivity index (χ1n) is 5.11.